The summed E-state index contributed by atoms with van der Waals surface area (Å²) in [7, 11) is 0. The lowest BCUT2D eigenvalue weighted by Gasteiger charge is -2.38. The highest BCUT2D eigenvalue weighted by Gasteiger charge is 2.34. The van der Waals surface area contributed by atoms with Gasteiger partial charge < -0.3 is 10.1 Å². The number of rotatable bonds is 4. The largest absolute Gasteiger partial charge is 0.381 e. The van der Waals surface area contributed by atoms with Crippen LogP contribution in [0.5, 0.6) is 0 Å². The van der Waals surface area contributed by atoms with Crippen LogP contribution in [0.3, 0.4) is 0 Å². The predicted octanol–water partition coefficient (Wildman–Crippen LogP) is 4.14. The van der Waals surface area contributed by atoms with Crippen molar-refractivity contribution < 1.29 is 9.13 Å². The second-order valence-electron chi connectivity index (χ2n) is 5.62. The van der Waals surface area contributed by atoms with Gasteiger partial charge in [-0.3, -0.25) is 0 Å². The zero-order chi connectivity index (χ0) is 15.4. The Morgan fingerprint density at radius 3 is 2.73 bits per heavy atom. The fourth-order valence-corrected chi connectivity index (χ4v) is 3.12. The first-order valence-electron chi connectivity index (χ1n) is 7.37. The maximum Gasteiger partial charge on any atom is 0.125 e. The number of benzene rings is 1. The number of aromatic nitrogens is 1. The standard InChI is InChI=1S/C17H18BrFN2O/c18-14-4-5-16(20-11-14)21-12-17(6-8-22-9-7-17)13-2-1-3-15(19)10-13/h1-5,10-11H,6-9,12H2,(H,20,21). The van der Waals surface area contributed by atoms with Crippen molar-refractivity contribution in [2.45, 2.75) is 18.3 Å². The topological polar surface area (TPSA) is 34.2 Å². The lowest BCUT2D eigenvalue weighted by Crippen LogP contribution is -2.40. The molecule has 0 amide bonds. The molecular formula is C17H18BrFN2O. The van der Waals surface area contributed by atoms with Crippen molar-refractivity contribution >= 4 is 21.7 Å². The summed E-state index contributed by atoms with van der Waals surface area (Å²) in [5, 5.41) is 3.39. The lowest BCUT2D eigenvalue weighted by molar-refractivity contribution is 0.0542. The smallest absolute Gasteiger partial charge is 0.125 e. The zero-order valence-corrected chi connectivity index (χ0v) is 13.8. The van der Waals surface area contributed by atoms with Gasteiger partial charge in [0, 0.05) is 35.8 Å². The Bertz CT molecular complexity index is 627. The van der Waals surface area contributed by atoms with E-state index in [4.69, 9.17) is 4.74 Å². The predicted molar refractivity (Wildman–Crippen MR) is 88.6 cm³/mol. The van der Waals surface area contributed by atoms with Crippen molar-refractivity contribution in [3.63, 3.8) is 0 Å². The van der Waals surface area contributed by atoms with Gasteiger partial charge in [-0.25, -0.2) is 9.37 Å². The van der Waals surface area contributed by atoms with E-state index in [1.807, 2.05) is 18.2 Å². The molecule has 116 valence electrons. The average Bonchev–Trinajstić information content (AvgIpc) is 2.55. The van der Waals surface area contributed by atoms with Gasteiger partial charge in [0.25, 0.3) is 0 Å². The van der Waals surface area contributed by atoms with E-state index in [0.29, 0.717) is 19.8 Å². The Hall–Kier alpha value is -1.46. The average molecular weight is 365 g/mol. The summed E-state index contributed by atoms with van der Waals surface area (Å²) in [6.07, 6.45) is 3.52. The number of hydrogen-bond donors (Lipinski definition) is 1. The second kappa shape index (κ2) is 6.75. The van der Waals surface area contributed by atoms with Crippen LogP contribution in [0.4, 0.5) is 10.2 Å². The van der Waals surface area contributed by atoms with Crippen molar-refractivity contribution in [2.75, 3.05) is 25.1 Å². The molecule has 2 aromatic rings. The summed E-state index contributed by atoms with van der Waals surface area (Å²) < 4.78 is 20.1. The quantitative estimate of drug-likeness (QED) is 0.884. The molecule has 3 nitrogen and oxygen atoms in total. The molecule has 1 N–H and O–H groups in total. The van der Waals surface area contributed by atoms with Crippen LogP contribution in [0, 0.1) is 5.82 Å². The van der Waals surface area contributed by atoms with E-state index < -0.39 is 0 Å². The van der Waals surface area contributed by atoms with Gasteiger partial charge in [-0.1, -0.05) is 12.1 Å². The number of nitrogens with zero attached hydrogens (tertiary/aromatic N) is 1. The summed E-state index contributed by atoms with van der Waals surface area (Å²) >= 11 is 3.38. The third-order valence-electron chi connectivity index (χ3n) is 4.22. The van der Waals surface area contributed by atoms with Crippen LogP contribution < -0.4 is 5.32 Å². The maximum absolute atomic E-state index is 13.6. The van der Waals surface area contributed by atoms with E-state index in [2.05, 4.69) is 26.2 Å². The number of nitrogens with one attached hydrogen (secondary N) is 1. The zero-order valence-electron chi connectivity index (χ0n) is 12.2. The summed E-state index contributed by atoms with van der Waals surface area (Å²) in [6.45, 7) is 2.12. The summed E-state index contributed by atoms with van der Waals surface area (Å²) in [6, 6.07) is 10.8. The lowest BCUT2D eigenvalue weighted by atomic mass is 9.74. The molecule has 0 saturated carbocycles. The van der Waals surface area contributed by atoms with Crippen LogP contribution in [0.25, 0.3) is 0 Å². The number of ether oxygens (including phenoxy) is 1. The molecule has 0 radical (unpaired) electrons. The number of halogens is 2. The molecule has 0 atom stereocenters. The van der Waals surface area contributed by atoms with Gasteiger partial charge in [-0.15, -0.1) is 0 Å². The van der Waals surface area contributed by atoms with Crippen molar-refractivity contribution in [3.8, 4) is 0 Å². The maximum atomic E-state index is 13.6. The fraction of sp³-hybridized carbons (Fsp3) is 0.353. The van der Waals surface area contributed by atoms with Crippen LogP contribution in [0.2, 0.25) is 0 Å². The Balaban J connectivity index is 1.81. The van der Waals surface area contributed by atoms with Gasteiger partial charge in [-0.05, 0) is 58.6 Å². The molecule has 0 bridgehead atoms. The molecule has 0 spiro atoms. The van der Waals surface area contributed by atoms with Gasteiger partial charge in [-0.2, -0.15) is 0 Å². The summed E-state index contributed by atoms with van der Waals surface area (Å²) in [5.41, 5.74) is 0.912. The molecule has 5 heteroatoms. The molecule has 1 saturated heterocycles. The van der Waals surface area contributed by atoms with Crippen molar-refractivity contribution in [2.24, 2.45) is 0 Å². The number of pyridine rings is 1. The molecular weight excluding hydrogens is 347 g/mol. The first-order chi connectivity index (χ1) is 10.7. The highest BCUT2D eigenvalue weighted by Crippen LogP contribution is 2.35. The Morgan fingerprint density at radius 2 is 2.05 bits per heavy atom. The van der Waals surface area contributed by atoms with Crippen LogP contribution in [-0.2, 0) is 10.2 Å². The van der Waals surface area contributed by atoms with E-state index in [1.165, 1.54) is 6.07 Å². The van der Waals surface area contributed by atoms with E-state index in [1.54, 1.807) is 18.3 Å². The Labute approximate surface area is 138 Å². The SMILES string of the molecule is Fc1cccc(C2(CNc3ccc(Br)cn3)CCOCC2)c1. The van der Waals surface area contributed by atoms with E-state index in [-0.39, 0.29) is 11.2 Å². The monoisotopic (exact) mass is 364 g/mol. The van der Waals surface area contributed by atoms with Crippen LogP contribution >= 0.6 is 15.9 Å². The highest BCUT2D eigenvalue weighted by molar-refractivity contribution is 9.10. The first kappa shape index (κ1) is 15.4. The van der Waals surface area contributed by atoms with Gasteiger partial charge >= 0.3 is 0 Å². The highest BCUT2D eigenvalue weighted by atomic mass is 79.9. The molecule has 3 rings (SSSR count). The minimum atomic E-state index is -0.190. The molecule has 0 unspecified atom stereocenters. The van der Waals surface area contributed by atoms with Crippen LogP contribution in [0.1, 0.15) is 18.4 Å². The molecule has 0 aliphatic carbocycles. The van der Waals surface area contributed by atoms with Gasteiger partial charge in [0.2, 0.25) is 0 Å². The van der Waals surface area contributed by atoms with Gasteiger partial charge in [0.15, 0.2) is 0 Å². The summed E-state index contributed by atoms with van der Waals surface area (Å²) in [4.78, 5) is 4.34. The molecule has 1 fully saturated rings. The fourth-order valence-electron chi connectivity index (χ4n) is 2.89. The van der Waals surface area contributed by atoms with Crippen molar-refractivity contribution in [3.05, 3.63) is 58.4 Å². The molecule has 1 aliphatic heterocycles. The third-order valence-corrected chi connectivity index (χ3v) is 4.69. The van der Waals surface area contributed by atoms with Crippen molar-refractivity contribution in [1.82, 2.24) is 4.98 Å². The Morgan fingerprint density at radius 1 is 1.23 bits per heavy atom. The van der Waals surface area contributed by atoms with Gasteiger partial charge in [0.1, 0.15) is 11.6 Å². The number of anilines is 1. The molecule has 22 heavy (non-hydrogen) atoms. The Kier molecular flexibility index (Phi) is 4.74. The van der Waals surface area contributed by atoms with Crippen molar-refractivity contribution in [1.29, 1.82) is 0 Å². The van der Waals surface area contributed by atoms with E-state index in [9.17, 15) is 4.39 Å². The minimum Gasteiger partial charge on any atom is -0.381 e. The minimum absolute atomic E-state index is 0.116. The van der Waals surface area contributed by atoms with E-state index >= 15 is 0 Å². The first-order valence-corrected chi connectivity index (χ1v) is 8.17. The normalized spacial score (nSPS) is 17.2. The van der Waals surface area contributed by atoms with Gasteiger partial charge in [0.05, 0.1) is 0 Å². The van der Waals surface area contributed by atoms with Crippen LogP contribution in [0.15, 0.2) is 47.1 Å². The number of hydrogen-bond acceptors (Lipinski definition) is 3. The van der Waals surface area contributed by atoms with E-state index in [0.717, 1.165) is 28.7 Å². The molecule has 1 aromatic heterocycles. The second-order valence-corrected chi connectivity index (χ2v) is 6.53. The molecule has 2 heterocycles. The summed E-state index contributed by atoms with van der Waals surface area (Å²) in [5.74, 6) is 0.635. The van der Waals surface area contributed by atoms with Crippen LogP contribution in [-0.4, -0.2) is 24.7 Å². The third kappa shape index (κ3) is 3.47. The molecule has 1 aliphatic rings. The molecule has 1 aromatic carbocycles.